The van der Waals surface area contributed by atoms with Crippen molar-refractivity contribution in [2.75, 3.05) is 38.6 Å². The zero-order valence-electron chi connectivity index (χ0n) is 18.2. The van der Waals surface area contributed by atoms with Gasteiger partial charge in [-0.25, -0.2) is 4.98 Å². The number of nitrogens with zero attached hydrogens (tertiary/aromatic N) is 3. The third kappa shape index (κ3) is 7.81. The van der Waals surface area contributed by atoms with Crippen LogP contribution in [0.15, 0.2) is 47.6 Å². The highest BCUT2D eigenvalue weighted by Gasteiger charge is 2.05. The van der Waals surface area contributed by atoms with Gasteiger partial charge in [-0.15, -0.1) is 24.0 Å². The van der Waals surface area contributed by atoms with Gasteiger partial charge in [0.25, 0.3) is 5.91 Å². The summed E-state index contributed by atoms with van der Waals surface area (Å²) in [6.07, 6.45) is 2.70. The second-order valence-corrected chi connectivity index (χ2v) is 6.58. The summed E-state index contributed by atoms with van der Waals surface area (Å²) in [4.78, 5) is 22.8. The Morgan fingerprint density at radius 3 is 2.47 bits per heavy atom. The molecule has 8 heteroatoms. The fraction of sp³-hybridized carbons (Fsp3) is 0.409. The molecule has 1 heterocycles. The van der Waals surface area contributed by atoms with Gasteiger partial charge in [0.05, 0.1) is 0 Å². The molecule has 1 aromatic carbocycles. The van der Waals surface area contributed by atoms with Crippen molar-refractivity contribution in [1.29, 1.82) is 0 Å². The van der Waals surface area contributed by atoms with E-state index in [2.05, 4.69) is 56.8 Å². The predicted octanol–water partition coefficient (Wildman–Crippen LogP) is 2.81. The van der Waals surface area contributed by atoms with Crippen LogP contribution in [0.3, 0.4) is 0 Å². The molecule has 0 radical (unpaired) electrons. The van der Waals surface area contributed by atoms with Gasteiger partial charge in [0.1, 0.15) is 5.82 Å². The molecule has 0 saturated heterocycles. The molecule has 0 spiro atoms. The standard InChI is InChI=1S/C22H32N6O.HI/c1-5-28(6-2)20-11-10-18(15-26-20)16-27-22(24-4)25-13-12-17-8-7-9-19(14-17)21(29)23-3;/h7-11,14-15H,5-6,12-13,16H2,1-4H3,(H,23,29)(H2,24,25,27);1H. The molecule has 2 rings (SSSR count). The number of nitrogens with one attached hydrogen (secondary N) is 3. The third-order valence-corrected chi connectivity index (χ3v) is 4.70. The van der Waals surface area contributed by atoms with Crippen molar-refractivity contribution in [3.8, 4) is 0 Å². The van der Waals surface area contributed by atoms with E-state index in [1.54, 1.807) is 14.1 Å². The Hall–Kier alpha value is -2.36. The van der Waals surface area contributed by atoms with Crippen LogP contribution in [0, 0.1) is 0 Å². The summed E-state index contributed by atoms with van der Waals surface area (Å²) in [5.41, 5.74) is 2.88. The van der Waals surface area contributed by atoms with Crippen molar-refractivity contribution in [3.05, 3.63) is 59.3 Å². The summed E-state index contributed by atoms with van der Waals surface area (Å²) >= 11 is 0. The lowest BCUT2D eigenvalue weighted by Gasteiger charge is -2.19. The van der Waals surface area contributed by atoms with Gasteiger partial charge in [0, 0.05) is 52.0 Å². The lowest BCUT2D eigenvalue weighted by atomic mass is 10.1. The van der Waals surface area contributed by atoms with Crippen molar-refractivity contribution in [2.24, 2.45) is 4.99 Å². The highest BCUT2D eigenvalue weighted by molar-refractivity contribution is 14.0. The van der Waals surface area contributed by atoms with Crippen LogP contribution in [0.5, 0.6) is 0 Å². The van der Waals surface area contributed by atoms with E-state index in [0.29, 0.717) is 12.1 Å². The summed E-state index contributed by atoms with van der Waals surface area (Å²) in [7, 11) is 3.39. The molecule has 1 aromatic heterocycles. The van der Waals surface area contributed by atoms with Gasteiger partial charge in [0.2, 0.25) is 0 Å². The number of amides is 1. The molecule has 0 saturated carbocycles. The number of aliphatic imine (C=N–C) groups is 1. The zero-order chi connectivity index (χ0) is 21.1. The normalized spacial score (nSPS) is 10.7. The smallest absolute Gasteiger partial charge is 0.251 e. The maximum absolute atomic E-state index is 11.7. The second kappa shape index (κ2) is 13.8. The van der Waals surface area contributed by atoms with E-state index >= 15 is 0 Å². The minimum absolute atomic E-state index is 0. The Balaban J connectivity index is 0.00000450. The molecule has 0 aliphatic carbocycles. The van der Waals surface area contributed by atoms with Gasteiger partial charge < -0.3 is 20.9 Å². The number of rotatable bonds is 9. The van der Waals surface area contributed by atoms with Crippen LogP contribution < -0.4 is 20.9 Å². The highest BCUT2D eigenvalue weighted by Crippen LogP contribution is 2.10. The fourth-order valence-corrected chi connectivity index (χ4v) is 3.00. The van der Waals surface area contributed by atoms with Crippen LogP contribution in [-0.2, 0) is 13.0 Å². The van der Waals surface area contributed by atoms with E-state index in [0.717, 1.165) is 49.0 Å². The molecule has 0 unspecified atom stereocenters. The Labute approximate surface area is 196 Å². The van der Waals surface area contributed by atoms with Gasteiger partial charge in [0.15, 0.2) is 5.96 Å². The van der Waals surface area contributed by atoms with E-state index < -0.39 is 0 Å². The van der Waals surface area contributed by atoms with Gasteiger partial charge in [-0.05, 0) is 49.6 Å². The van der Waals surface area contributed by atoms with E-state index in [9.17, 15) is 4.79 Å². The molecular weight excluding hydrogens is 491 g/mol. The second-order valence-electron chi connectivity index (χ2n) is 6.58. The van der Waals surface area contributed by atoms with Crippen LogP contribution in [0.1, 0.15) is 35.3 Å². The van der Waals surface area contributed by atoms with Crippen LogP contribution >= 0.6 is 24.0 Å². The average molecular weight is 524 g/mol. The number of carbonyl (C=O) groups excluding carboxylic acids is 1. The summed E-state index contributed by atoms with van der Waals surface area (Å²) in [6, 6.07) is 11.8. The Morgan fingerprint density at radius 2 is 1.87 bits per heavy atom. The lowest BCUT2D eigenvalue weighted by molar-refractivity contribution is 0.0963. The average Bonchev–Trinajstić information content (AvgIpc) is 2.77. The summed E-state index contributed by atoms with van der Waals surface area (Å²) in [5.74, 6) is 1.67. The number of carbonyl (C=O) groups is 1. The van der Waals surface area contributed by atoms with Crippen LogP contribution in [0.25, 0.3) is 0 Å². The highest BCUT2D eigenvalue weighted by atomic mass is 127. The quantitative estimate of drug-likeness (QED) is 0.267. The van der Waals surface area contributed by atoms with Crippen molar-refractivity contribution in [3.63, 3.8) is 0 Å². The van der Waals surface area contributed by atoms with Crippen LogP contribution in [0.2, 0.25) is 0 Å². The minimum atomic E-state index is -0.0714. The van der Waals surface area contributed by atoms with Gasteiger partial charge in [-0.3, -0.25) is 9.79 Å². The minimum Gasteiger partial charge on any atom is -0.357 e. The van der Waals surface area contributed by atoms with Gasteiger partial charge in [-0.2, -0.15) is 0 Å². The number of benzene rings is 1. The van der Waals surface area contributed by atoms with Gasteiger partial charge >= 0.3 is 0 Å². The van der Waals surface area contributed by atoms with Crippen LogP contribution in [-0.4, -0.2) is 50.6 Å². The monoisotopic (exact) mass is 524 g/mol. The number of hydrogen-bond donors (Lipinski definition) is 3. The Morgan fingerprint density at radius 1 is 1.10 bits per heavy atom. The Kier molecular flexibility index (Phi) is 11.8. The maximum atomic E-state index is 11.7. The van der Waals surface area contributed by atoms with E-state index in [1.165, 1.54) is 0 Å². The third-order valence-electron chi connectivity index (χ3n) is 4.70. The number of aromatic nitrogens is 1. The first-order chi connectivity index (χ1) is 14.1. The first-order valence-electron chi connectivity index (χ1n) is 10.1. The first-order valence-corrected chi connectivity index (χ1v) is 10.1. The fourth-order valence-electron chi connectivity index (χ4n) is 3.00. The molecule has 0 atom stereocenters. The number of guanidine groups is 1. The SMILES string of the molecule is CCN(CC)c1ccc(CNC(=NC)NCCc2cccc(C(=O)NC)c2)cn1.I. The summed E-state index contributed by atoms with van der Waals surface area (Å²) < 4.78 is 0. The van der Waals surface area contributed by atoms with Crippen molar-refractivity contribution >= 4 is 41.7 Å². The zero-order valence-corrected chi connectivity index (χ0v) is 20.6. The van der Waals surface area contributed by atoms with Crippen molar-refractivity contribution < 1.29 is 4.79 Å². The maximum Gasteiger partial charge on any atom is 0.251 e. The van der Waals surface area contributed by atoms with E-state index in [1.807, 2.05) is 30.5 Å². The molecule has 2 aromatic rings. The molecule has 0 aliphatic rings. The topological polar surface area (TPSA) is 81.6 Å². The molecule has 1 amide bonds. The largest absolute Gasteiger partial charge is 0.357 e. The number of halogens is 1. The lowest BCUT2D eigenvalue weighted by Crippen LogP contribution is -2.37. The molecular formula is C22H33IN6O. The molecule has 0 bridgehead atoms. The summed E-state index contributed by atoms with van der Waals surface area (Å²) in [6.45, 7) is 7.52. The molecule has 7 nitrogen and oxygen atoms in total. The van der Waals surface area contributed by atoms with Crippen LogP contribution in [0.4, 0.5) is 5.82 Å². The molecule has 0 aliphatic heterocycles. The summed E-state index contributed by atoms with van der Waals surface area (Å²) in [5, 5.41) is 9.27. The van der Waals surface area contributed by atoms with E-state index in [-0.39, 0.29) is 29.9 Å². The Bertz CT molecular complexity index is 806. The van der Waals surface area contributed by atoms with Crippen molar-refractivity contribution in [2.45, 2.75) is 26.8 Å². The first kappa shape index (κ1) is 25.7. The van der Waals surface area contributed by atoms with Gasteiger partial charge in [-0.1, -0.05) is 18.2 Å². The number of hydrogen-bond acceptors (Lipinski definition) is 4. The molecule has 30 heavy (non-hydrogen) atoms. The number of anilines is 1. The predicted molar refractivity (Wildman–Crippen MR) is 135 cm³/mol. The molecule has 0 fully saturated rings. The van der Waals surface area contributed by atoms with E-state index in [4.69, 9.17) is 0 Å². The van der Waals surface area contributed by atoms with Crippen molar-refractivity contribution in [1.82, 2.24) is 20.9 Å². The molecule has 3 N–H and O–H groups in total. The number of pyridine rings is 1. The molecule has 164 valence electrons.